The molecule has 0 amide bonds. The number of aromatic hydroxyl groups is 1. The normalized spacial score (nSPS) is 10.7. The Hall–Kier alpha value is -2.17. The van der Waals surface area contributed by atoms with E-state index in [9.17, 15) is 9.90 Å². The topological polar surface area (TPSA) is 68.9 Å². The summed E-state index contributed by atoms with van der Waals surface area (Å²) in [4.78, 5) is 11.6. The highest BCUT2D eigenvalue weighted by Crippen LogP contribution is 2.48. The predicted octanol–water partition coefficient (Wildman–Crippen LogP) is 3.09. The summed E-state index contributed by atoms with van der Waals surface area (Å²) in [6.45, 7) is 5.81. The molecule has 1 aliphatic heterocycles. The van der Waals surface area contributed by atoms with Crippen LogP contribution in [0.4, 0.5) is 0 Å². The highest BCUT2D eigenvalue weighted by Gasteiger charge is 2.27. The Labute approximate surface area is 111 Å². The highest BCUT2D eigenvalue weighted by molar-refractivity contribution is 6.04. The van der Waals surface area contributed by atoms with E-state index in [0.29, 0.717) is 29.9 Å². The maximum absolute atomic E-state index is 11.6. The van der Waals surface area contributed by atoms with Crippen LogP contribution in [0.3, 0.4) is 0 Å². The van der Waals surface area contributed by atoms with Crippen LogP contribution in [0.2, 0.25) is 0 Å². The van der Waals surface area contributed by atoms with Crippen molar-refractivity contribution in [2.45, 2.75) is 20.8 Å². The minimum atomic E-state index is -0.383. The van der Waals surface area contributed by atoms with Gasteiger partial charge in [0.25, 0.3) is 5.95 Å². The summed E-state index contributed by atoms with van der Waals surface area (Å²) in [6, 6.07) is 3.40. The molecule has 0 unspecified atom stereocenters. The summed E-state index contributed by atoms with van der Waals surface area (Å²) in [5.41, 5.74) is 1.63. The van der Waals surface area contributed by atoms with Gasteiger partial charge in [-0.2, -0.15) is 0 Å². The van der Waals surface area contributed by atoms with Crippen molar-refractivity contribution in [1.82, 2.24) is 0 Å². The number of ether oxygens (including phenoxy) is 2. The molecule has 0 radical (unpaired) electrons. The lowest BCUT2D eigenvalue weighted by Crippen LogP contribution is -2.01. The van der Waals surface area contributed by atoms with Gasteiger partial charge in [-0.05, 0) is 32.9 Å². The van der Waals surface area contributed by atoms with Crippen LogP contribution in [-0.4, -0.2) is 24.1 Å². The molecule has 0 bridgehead atoms. The third-order valence-electron chi connectivity index (χ3n) is 2.73. The molecule has 0 spiro atoms. The van der Waals surface area contributed by atoms with Gasteiger partial charge in [-0.15, -0.1) is 0 Å². The van der Waals surface area contributed by atoms with Gasteiger partial charge in [-0.1, -0.05) is 0 Å². The molecule has 0 aromatic heterocycles. The number of hydrogen-bond donors (Lipinski definition) is 1. The van der Waals surface area contributed by atoms with Crippen molar-refractivity contribution in [3.63, 3.8) is 0 Å². The first-order valence-corrected chi connectivity index (χ1v) is 6.15. The van der Waals surface area contributed by atoms with Crippen LogP contribution in [-0.2, 0) is 0 Å². The molecule has 102 valence electrons. The van der Waals surface area contributed by atoms with Crippen molar-refractivity contribution in [2.24, 2.45) is 0 Å². The van der Waals surface area contributed by atoms with Gasteiger partial charge in [-0.3, -0.25) is 4.79 Å². The van der Waals surface area contributed by atoms with Crippen LogP contribution < -0.4 is 9.47 Å². The minimum Gasteiger partial charge on any atom is -0.486 e. The van der Waals surface area contributed by atoms with Crippen LogP contribution in [0, 0.1) is 0 Å². The summed E-state index contributed by atoms with van der Waals surface area (Å²) in [5, 5.41) is 9.89. The molecule has 5 nitrogen and oxygen atoms in total. The van der Waals surface area contributed by atoms with Crippen molar-refractivity contribution in [3.8, 4) is 28.8 Å². The second kappa shape index (κ2) is 5.22. The fourth-order valence-electron chi connectivity index (χ4n) is 2.00. The van der Waals surface area contributed by atoms with E-state index in [2.05, 4.69) is 0 Å². The smallest absolute Gasteiger partial charge is 0.329 e. The fraction of sp³-hybridized carbons (Fsp3) is 0.357. The number of ketones is 1. The standard InChI is InChI=1S/C14H16O5/c1-4-17-12-11-9(8(3)15)6-7-10(11)14(18-5-2)19-13(12)16/h6-7,16H,4-5H2,1-3H3. The van der Waals surface area contributed by atoms with Gasteiger partial charge in [-0.25, -0.2) is 0 Å². The number of hydrogen-bond acceptors (Lipinski definition) is 5. The third kappa shape index (κ3) is 2.23. The Morgan fingerprint density at radius 3 is 2.53 bits per heavy atom. The molecule has 1 aliphatic carbocycles. The fourth-order valence-corrected chi connectivity index (χ4v) is 2.00. The average Bonchev–Trinajstić information content (AvgIpc) is 2.79. The van der Waals surface area contributed by atoms with E-state index in [1.54, 1.807) is 19.1 Å². The molecule has 0 saturated heterocycles. The molecule has 0 aromatic rings. The quantitative estimate of drug-likeness (QED) is 0.840. The zero-order valence-electron chi connectivity index (χ0n) is 11.1. The number of carbonyl (C=O) groups excluding carboxylic acids is 1. The summed E-state index contributed by atoms with van der Waals surface area (Å²) >= 11 is 0. The van der Waals surface area contributed by atoms with Crippen LogP contribution in [0.25, 0.3) is 11.1 Å². The number of rotatable bonds is 5. The summed E-state index contributed by atoms with van der Waals surface area (Å²) in [7, 11) is 0. The zero-order chi connectivity index (χ0) is 14.0. The predicted molar refractivity (Wildman–Crippen MR) is 69.3 cm³/mol. The van der Waals surface area contributed by atoms with Crippen molar-refractivity contribution < 1.29 is 23.8 Å². The first-order valence-electron chi connectivity index (χ1n) is 6.15. The lowest BCUT2D eigenvalue weighted by molar-refractivity contribution is 0.101. The molecule has 2 rings (SSSR count). The Kier molecular flexibility index (Phi) is 3.64. The Balaban J connectivity index is 2.70. The van der Waals surface area contributed by atoms with Crippen molar-refractivity contribution in [3.05, 3.63) is 17.7 Å². The van der Waals surface area contributed by atoms with Crippen molar-refractivity contribution in [1.29, 1.82) is 0 Å². The number of carbonyl (C=O) groups is 1. The zero-order valence-corrected chi connectivity index (χ0v) is 11.1. The molecular formula is C14H16O5. The van der Waals surface area contributed by atoms with E-state index >= 15 is 0 Å². The molecule has 0 fully saturated rings. The molecule has 2 aliphatic rings. The van der Waals surface area contributed by atoms with Crippen LogP contribution in [0.1, 0.15) is 31.1 Å². The lowest BCUT2D eigenvalue weighted by Gasteiger charge is -2.14. The van der Waals surface area contributed by atoms with Crippen LogP contribution in [0.5, 0.6) is 17.6 Å². The maximum Gasteiger partial charge on any atom is 0.329 e. The van der Waals surface area contributed by atoms with Crippen molar-refractivity contribution >= 4 is 5.78 Å². The van der Waals surface area contributed by atoms with Gasteiger partial charge in [0.1, 0.15) is 0 Å². The van der Waals surface area contributed by atoms with Gasteiger partial charge in [0.05, 0.1) is 18.8 Å². The van der Waals surface area contributed by atoms with E-state index in [-0.39, 0.29) is 23.4 Å². The summed E-state index contributed by atoms with van der Waals surface area (Å²) in [6.07, 6.45) is 0. The molecule has 0 atom stereocenters. The molecule has 0 saturated carbocycles. The molecule has 5 heteroatoms. The molecule has 1 heterocycles. The van der Waals surface area contributed by atoms with Crippen molar-refractivity contribution in [2.75, 3.05) is 13.2 Å². The van der Waals surface area contributed by atoms with E-state index < -0.39 is 0 Å². The van der Waals surface area contributed by atoms with Crippen LogP contribution in [0.15, 0.2) is 16.5 Å². The number of fused-ring (bicyclic) bond motifs is 1. The van der Waals surface area contributed by atoms with Crippen LogP contribution >= 0.6 is 0 Å². The molecule has 1 N–H and O–H groups in total. The third-order valence-corrected chi connectivity index (χ3v) is 2.73. The summed E-state index contributed by atoms with van der Waals surface area (Å²) in [5.74, 6) is -0.127. The van der Waals surface area contributed by atoms with Gasteiger partial charge in [0.2, 0.25) is 5.75 Å². The van der Waals surface area contributed by atoms with Gasteiger partial charge in [0.15, 0.2) is 5.78 Å². The monoisotopic (exact) mass is 264 g/mol. The Bertz CT molecular complexity index is 570. The second-order valence-corrected chi connectivity index (χ2v) is 3.98. The van der Waals surface area contributed by atoms with Gasteiger partial charge in [0, 0.05) is 11.1 Å². The SMILES string of the molecule is CCOc1oc(O)c(OCC)c2c(C(C)=O)ccc1-2. The highest BCUT2D eigenvalue weighted by atomic mass is 16.6. The van der Waals surface area contributed by atoms with E-state index in [0.717, 1.165) is 0 Å². The van der Waals surface area contributed by atoms with E-state index in [4.69, 9.17) is 13.9 Å². The minimum absolute atomic E-state index is 0.107. The van der Waals surface area contributed by atoms with E-state index in [1.807, 2.05) is 6.92 Å². The first-order chi connectivity index (χ1) is 9.10. The van der Waals surface area contributed by atoms with Gasteiger partial charge >= 0.3 is 5.95 Å². The number of Topliss-reactive ketones (excluding diaryl/α,β-unsaturated/α-hetero) is 1. The Morgan fingerprint density at radius 2 is 1.95 bits per heavy atom. The second-order valence-electron chi connectivity index (χ2n) is 3.98. The van der Waals surface area contributed by atoms with E-state index in [1.165, 1.54) is 6.92 Å². The lowest BCUT2D eigenvalue weighted by atomic mass is 10.1. The average molecular weight is 264 g/mol. The largest absolute Gasteiger partial charge is 0.486 e. The molecule has 0 aromatic carbocycles. The first kappa shape index (κ1) is 13.3. The summed E-state index contributed by atoms with van der Waals surface area (Å²) < 4.78 is 15.9. The van der Waals surface area contributed by atoms with Gasteiger partial charge < -0.3 is 19.0 Å². The Morgan fingerprint density at radius 1 is 1.26 bits per heavy atom. The molecule has 19 heavy (non-hydrogen) atoms. The maximum atomic E-state index is 11.6. The molecular weight excluding hydrogens is 248 g/mol.